The first-order chi connectivity index (χ1) is 16.3. The number of nitrogens with two attached hydrogens (primary N) is 1. The first-order valence-electron chi connectivity index (χ1n) is 12.0. The van der Waals surface area contributed by atoms with E-state index >= 15 is 0 Å². The predicted octanol–water partition coefficient (Wildman–Crippen LogP) is 3.59. The molecule has 0 aliphatic rings. The molecule has 9 heteroatoms. The van der Waals surface area contributed by atoms with Gasteiger partial charge in [-0.1, -0.05) is 47.6 Å². The van der Waals surface area contributed by atoms with Crippen LogP contribution in [0, 0.1) is 17.8 Å². The van der Waals surface area contributed by atoms with Crippen molar-refractivity contribution in [2.45, 2.75) is 79.9 Å². The lowest BCUT2D eigenvalue weighted by molar-refractivity contribution is -0.158. The molecule has 0 radical (unpaired) electrons. The molecular weight excluding hydrogens is 454 g/mol. The van der Waals surface area contributed by atoms with Gasteiger partial charge in [-0.15, -0.1) is 0 Å². The summed E-state index contributed by atoms with van der Waals surface area (Å²) >= 11 is 0. The molecule has 0 fully saturated rings. The quantitative estimate of drug-likeness (QED) is 0.323. The van der Waals surface area contributed by atoms with Crippen molar-refractivity contribution in [2.24, 2.45) is 23.5 Å². The number of benzene rings is 1. The first kappa shape index (κ1) is 30.1. The maximum Gasteiger partial charge on any atom is 0.323 e. The fourth-order valence-electron chi connectivity index (χ4n) is 2.66. The van der Waals surface area contributed by atoms with Crippen LogP contribution in [-0.4, -0.2) is 42.6 Å². The van der Waals surface area contributed by atoms with Gasteiger partial charge >= 0.3 is 23.9 Å². The predicted molar refractivity (Wildman–Crippen MR) is 130 cm³/mol. The van der Waals surface area contributed by atoms with Crippen LogP contribution in [0.3, 0.4) is 0 Å². The standard InChI is InChI=1S/C26H39NO8/c1-15(2)8-11-23(28)33-18(7)14-32-26(31)20(27)12-19-9-10-21(34-24(29)16(3)4)22(13-19)35-25(30)17(5)6/h9-10,13,15-18,20H,8,11-12,14,27H2,1-7H3/t18-,20-/m0/s1. The Hall–Kier alpha value is -2.94. The molecule has 35 heavy (non-hydrogen) atoms. The highest BCUT2D eigenvalue weighted by Gasteiger charge is 2.22. The van der Waals surface area contributed by atoms with Crippen LogP contribution in [0.4, 0.5) is 0 Å². The Morgan fingerprint density at radius 2 is 1.40 bits per heavy atom. The summed E-state index contributed by atoms with van der Waals surface area (Å²) in [6, 6.07) is 3.63. The third-order valence-corrected chi connectivity index (χ3v) is 4.85. The van der Waals surface area contributed by atoms with Crippen molar-refractivity contribution >= 4 is 23.9 Å². The lowest BCUT2D eigenvalue weighted by Crippen LogP contribution is -2.36. The topological polar surface area (TPSA) is 131 Å². The van der Waals surface area contributed by atoms with Gasteiger partial charge in [0.05, 0.1) is 11.8 Å². The smallest absolute Gasteiger partial charge is 0.323 e. The van der Waals surface area contributed by atoms with Gasteiger partial charge in [0.25, 0.3) is 0 Å². The fourth-order valence-corrected chi connectivity index (χ4v) is 2.66. The van der Waals surface area contributed by atoms with Crippen LogP contribution < -0.4 is 15.2 Å². The van der Waals surface area contributed by atoms with Gasteiger partial charge in [0.2, 0.25) is 0 Å². The fraction of sp³-hybridized carbons (Fsp3) is 0.615. The average molecular weight is 494 g/mol. The van der Waals surface area contributed by atoms with Gasteiger partial charge in [0, 0.05) is 6.42 Å². The second-order valence-electron chi connectivity index (χ2n) is 9.61. The number of esters is 4. The van der Waals surface area contributed by atoms with E-state index in [1.165, 1.54) is 12.1 Å². The van der Waals surface area contributed by atoms with E-state index in [1.807, 2.05) is 13.8 Å². The minimum atomic E-state index is -1.00. The summed E-state index contributed by atoms with van der Waals surface area (Å²) in [5.74, 6) is -2.18. The van der Waals surface area contributed by atoms with Crippen molar-refractivity contribution < 1.29 is 38.1 Å². The zero-order valence-corrected chi connectivity index (χ0v) is 21.8. The van der Waals surface area contributed by atoms with E-state index in [-0.39, 0.29) is 36.4 Å². The SMILES string of the molecule is CC(C)CCC(=O)O[C@@H](C)COC(=O)[C@@H](N)Cc1ccc(OC(=O)C(C)C)c(OC(=O)C(C)C)c1. The number of ether oxygens (including phenoxy) is 4. The van der Waals surface area contributed by atoms with Crippen LogP contribution in [0.1, 0.15) is 66.9 Å². The van der Waals surface area contributed by atoms with E-state index in [9.17, 15) is 19.2 Å². The summed E-state index contributed by atoms with van der Waals surface area (Å²) in [5.41, 5.74) is 6.58. The summed E-state index contributed by atoms with van der Waals surface area (Å²) in [4.78, 5) is 48.3. The Morgan fingerprint density at radius 1 is 0.829 bits per heavy atom. The van der Waals surface area contributed by atoms with Gasteiger partial charge in [-0.05, 0) is 43.4 Å². The van der Waals surface area contributed by atoms with Gasteiger partial charge in [-0.2, -0.15) is 0 Å². The minimum Gasteiger partial charge on any atom is -0.461 e. The Morgan fingerprint density at radius 3 is 1.94 bits per heavy atom. The molecule has 0 amide bonds. The molecule has 0 spiro atoms. The first-order valence-corrected chi connectivity index (χ1v) is 12.0. The van der Waals surface area contributed by atoms with Crippen LogP contribution in [-0.2, 0) is 35.1 Å². The van der Waals surface area contributed by atoms with E-state index in [2.05, 4.69) is 0 Å². The van der Waals surface area contributed by atoms with Crippen molar-refractivity contribution in [2.75, 3.05) is 6.61 Å². The van der Waals surface area contributed by atoms with Crippen molar-refractivity contribution in [3.63, 3.8) is 0 Å². The molecule has 1 aromatic carbocycles. The van der Waals surface area contributed by atoms with E-state index in [0.717, 1.165) is 6.42 Å². The highest BCUT2D eigenvalue weighted by Crippen LogP contribution is 2.30. The van der Waals surface area contributed by atoms with Crippen molar-refractivity contribution in [1.82, 2.24) is 0 Å². The molecular formula is C26H39NO8. The molecule has 0 aliphatic carbocycles. The normalized spacial score (nSPS) is 12.9. The van der Waals surface area contributed by atoms with Crippen molar-refractivity contribution in [1.29, 1.82) is 0 Å². The molecule has 0 aromatic heterocycles. The Balaban J connectivity index is 2.77. The Labute approximate surface area is 207 Å². The second-order valence-corrected chi connectivity index (χ2v) is 9.61. The zero-order valence-electron chi connectivity index (χ0n) is 21.8. The third kappa shape index (κ3) is 11.4. The van der Waals surface area contributed by atoms with Crippen LogP contribution in [0.5, 0.6) is 11.5 Å². The minimum absolute atomic E-state index is 0.0673. The summed E-state index contributed by atoms with van der Waals surface area (Å²) in [6.07, 6.45) is 0.524. The largest absolute Gasteiger partial charge is 0.461 e. The number of carbonyl (C=O) groups excluding carboxylic acids is 4. The van der Waals surface area contributed by atoms with Gasteiger partial charge < -0.3 is 24.7 Å². The molecule has 0 aliphatic heterocycles. The summed E-state index contributed by atoms with van der Waals surface area (Å²) in [6.45, 7) is 12.3. The molecule has 1 rings (SSSR count). The Kier molecular flexibility index (Phi) is 12.4. The summed E-state index contributed by atoms with van der Waals surface area (Å²) < 4.78 is 21.2. The average Bonchev–Trinajstić information content (AvgIpc) is 2.77. The highest BCUT2D eigenvalue weighted by molar-refractivity contribution is 5.78. The molecule has 0 saturated carbocycles. The van der Waals surface area contributed by atoms with Gasteiger partial charge in [-0.25, -0.2) is 0 Å². The van der Waals surface area contributed by atoms with Crippen LogP contribution in [0.2, 0.25) is 0 Å². The number of carbonyl (C=O) groups is 4. The lowest BCUT2D eigenvalue weighted by Gasteiger charge is -2.17. The van der Waals surface area contributed by atoms with Gasteiger partial charge in [0.1, 0.15) is 18.8 Å². The van der Waals surface area contributed by atoms with Crippen LogP contribution in [0.15, 0.2) is 18.2 Å². The molecule has 1 aromatic rings. The van der Waals surface area contributed by atoms with E-state index in [1.54, 1.807) is 40.7 Å². The third-order valence-electron chi connectivity index (χ3n) is 4.85. The molecule has 0 bridgehead atoms. The maximum absolute atomic E-state index is 12.3. The van der Waals surface area contributed by atoms with E-state index in [4.69, 9.17) is 24.7 Å². The number of rotatable bonds is 13. The molecule has 0 saturated heterocycles. The molecule has 0 heterocycles. The lowest BCUT2D eigenvalue weighted by atomic mass is 10.1. The van der Waals surface area contributed by atoms with Gasteiger partial charge in [-0.3, -0.25) is 19.2 Å². The highest BCUT2D eigenvalue weighted by atomic mass is 16.6. The molecule has 2 atom stereocenters. The number of hydrogen-bond acceptors (Lipinski definition) is 9. The maximum atomic E-state index is 12.3. The molecule has 9 nitrogen and oxygen atoms in total. The second kappa shape index (κ2) is 14.5. The van der Waals surface area contributed by atoms with Gasteiger partial charge in [0.15, 0.2) is 11.5 Å². The monoisotopic (exact) mass is 493 g/mol. The van der Waals surface area contributed by atoms with E-state index < -0.39 is 36.0 Å². The van der Waals surface area contributed by atoms with Crippen molar-refractivity contribution in [3.05, 3.63) is 23.8 Å². The Bertz CT molecular complexity index is 878. The van der Waals surface area contributed by atoms with Crippen LogP contribution >= 0.6 is 0 Å². The molecule has 2 N–H and O–H groups in total. The number of hydrogen-bond donors (Lipinski definition) is 1. The van der Waals surface area contributed by atoms with Crippen molar-refractivity contribution in [3.8, 4) is 11.5 Å². The molecule has 196 valence electrons. The molecule has 0 unspecified atom stereocenters. The van der Waals surface area contributed by atoms with E-state index in [0.29, 0.717) is 17.9 Å². The zero-order chi connectivity index (χ0) is 26.7. The summed E-state index contributed by atoms with van der Waals surface area (Å²) in [5, 5.41) is 0. The van der Waals surface area contributed by atoms with Crippen LogP contribution in [0.25, 0.3) is 0 Å². The summed E-state index contributed by atoms with van der Waals surface area (Å²) in [7, 11) is 0.